The fraction of sp³-hybridized carbons (Fsp3) is 0.600. The van der Waals surface area contributed by atoms with Crippen LogP contribution in [0.15, 0.2) is 24.3 Å². The Bertz CT molecular complexity index is 1240. The molecule has 3 aliphatic rings. The van der Waals surface area contributed by atoms with Crippen molar-refractivity contribution in [2.45, 2.75) is 101 Å². The second-order valence-electron chi connectivity index (χ2n) is 12.1. The first-order valence-electron chi connectivity index (χ1n) is 14.0. The predicted molar refractivity (Wildman–Crippen MR) is 145 cm³/mol. The minimum atomic E-state index is -4.51. The lowest BCUT2D eigenvalue weighted by Gasteiger charge is -2.42. The van der Waals surface area contributed by atoms with Gasteiger partial charge in [-0.05, 0) is 89.5 Å². The number of likely N-dealkylation sites (tertiary alicyclic amines) is 1. The Hall–Kier alpha value is -3.75. The number of benzene rings is 1. The largest absolute Gasteiger partial charge is 0.467 e. The van der Waals surface area contributed by atoms with Gasteiger partial charge in [0, 0.05) is 17.6 Å². The molecule has 3 fully saturated rings. The molecule has 0 aromatic heterocycles. The summed E-state index contributed by atoms with van der Waals surface area (Å²) in [6, 6.07) is 0.879. The van der Waals surface area contributed by atoms with E-state index in [1.807, 2.05) is 0 Å². The molecule has 0 aliphatic carbocycles. The number of esters is 1. The number of ether oxygens (including phenoxy) is 2. The van der Waals surface area contributed by atoms with Gasteiger partial charge in [0.2, 0.25) is 5.91 Å². The highest BCUT2D eigenvalue weighted by atomic mass is 19.4. The second kappa shape index (κ2) is 11.9. The molecular formula is C30H36F3N3O6. The normalized spacial score (nSPS) is 26.3. The molecule has 228 valence electrons. The molecule has 42 heavy (non-hydrogen) atoms. The zero-order valence-electron chi connectivity index (χ0n) is 24.1. The number of terminal acetylenes is 1. The van der Waals surface area contributed by atoms with Crippen LogP contribution in [0.2, 0.25) is 0 Å². The van der Waals surface area contributed by atoms with E-state index in [1.165, 1.54) is 24.1 Å². The number of hydrogen-bond acceptors (Lipinski definition) is 6. The zero-order valence-corrected chi connectivity index (χ0v) is 24.1. The Labute approximate surface area is 243 Å². The summed E-state index contributed by atoms with van der Waals surface area (Å²) in [7, 11) is 1.23. The van der Waals surface area contributed by atoms with Gasteiger partial charge < -0.3 is 24.6 Å². The molecule has 12 heteroatoms. The first-order valence-corrected chi connectivity index (χ1v) is 14.0. The number of amides is 3. The number of methoxy groups -OCH3 is 1. The van der Waals surface area contributed by atoms with E-state index < -0.39 is 59.4 Å². The van der Waals surface area contributed by atoms with Gasteiger partial charge in [-0.15, -0.1) is 6.42 Å². The van der Waals surface area contributed by atoms with Crippen molar-refractivity contribution >= 4 is 23.9 Å². The van der Waals surface area contributed by atoms with Crippen molar-refractivity contribution in [1.82, 2.24) is 15.1 Å². The number of alkyl halides is 3. The Morgan fingerprint density at radius 3 is 2.07 bits per heavy atom. The fourth-order valence-electron chi connectivity index (χ4n) is 6.40. The van der Waals surface area contributed by atoms with E-state index in [4.69, 9.17) is 15.9 Å². The van der Waals surface area contributed by atoms with Crippen LogP contribution in [0, 0.1) is 18.3 Å². The first-order chi connectivity index (χ1) is 19.6. The van der Waals surface area contributed by atoms with Crippen molar-refractivity contribution < 1.29 is 41.8 Å². The average molecular weight is 592 g/mol. The summed E-state index contributed by atoms with van der Waals surface area (Å²) in [5.41, 5.74) is -1.53. The molecule has 0 spiro atoms. The molecule has 3 aliphatic heterocycles. The van der Waals surface area contributed by atoms with Crippen LogP contribution in [0.3, 0.4) is 0 Å². The van der Waals surface area contributed by atoms with Gasteiger partial charge >= 0.3 is 18.2 Å². The summed E-state index contributed by atoms with van der Waals surface area (Å²) in [5.74, 6) is 0.640. The van der Waals surface area contributed by atoms with E-state index in [-0.39, 0.29) is 23.6 Å². The summed E-state index contributed by atoms with van der Waals surface area (Å²) in [4.78, 5) is 56.0. The number of carbonyl (C=O) groups excluding carboxylic acids is 4. The number of nitrogens with zero attached hydrogens (tertiary/aromatic N) is 2. The van der Waals surface area contributed by atoms with E-state index >= 15 is 0 Å². The number of carbonyl (C=O) groups is 4. The Kier molecular flexibility index (Phi) is 8.81. The summed E-state index contributed by atoms with van der Waals surface area (Å²) in [5, 5.41) is 2.72. The molecule has 3 amide bonds. The van der Waals surface area contributed by atoms with Gasteiger partial charge in [-0.2, -0.15) is 13.2 Å². The lowest BCUT2D eigenvalue weighted by molar-refractivity contribution is -0.153. The molecule has 1 N–H and O–H groups in total. The smallest absolute Gasteiger partial charge is 0.416 e. The quantitative estimate of drug-likeness (QED) is 0.408. The maximum atomic E-state index is 14.1. The number of alkyl carbamates (subject to hydrolysis) is 1. The van der Waals surface area contributed by atoms with Crippen molar-refractivity contribution in [3.8, 4) is 12.3 Å². The highest BCUT2D eigenvalue weighted by molar-refractivity contribution is 5.95. The summed E-state index contributed by atoms with van der Waals surface area (Å²) < 4.78 is 49.4. The molecule has 1 aromatic rings. The zero-order chi connectivity index (χ0) is 31.0. The molecule has 0 saturated carbocycles. The Morgan fingerprint density at radius 2 is 1.57 bits per heavy atom. The van der Waals surface area contributed by atoms with E-state index in [1.54, 1.807) is 25.7 Å². The Balaban J connectivity index is 1.59. The van der Waals surface area contributed by atoms with Crippen molar-refractivity contribution in [1.29, 1.82) is 0 Å². The molecule has 9 nitrogen and oxygen atoms in total. The predicted octanol–water partition coefficient (Wildman–Crippen LogP) is 4.15. The second-order valence-corrected chi connectivity index (χ2v) is 12.1. The summed E-state index contributed by atoms with van der Waals surface area (Å²) >= 11 is 0. The SMILES string of the molecule is C#C[C@H]1CC[C@@H](C(=O)OC)N1C(=O)[C@@H](NC(=O)OC(C)(C)C)C1CC2CCC(C1)N2C(=O)c1ccc(C(F)(F)F)cc1. The van der Waals surface area contributed by atoms with Gasteiger partial charge in [0.1, 0.15) is 17.7 Å². The van der Waals surface area contributed by atoms with E-state index in [0.717, 1.165) is 12.1 Å². The first kappa shape index (κ1) is 31.2. The molecule has 1 aromatic carbocycles. The van der Waals surface area contributed by atoms with Crippen LogP contribution in [-0.4, -0.2) is 76.6 Å². The maximum absolute atomic E-state index is 14.1. The number of halogens is 3. The van der Waals surface area contributed by atoms with Crippen LogP contribution in [-0.2, 0) is 25.2 Å². The molecular weight excluding hydrogens is 555 g/mol. The number of hydrogen-bond donors (Lipinski definition) is 1. The van der Waals surface area contributed by atoms with Crippen molar-refractivity contribution in [2.75, 3.05) is 7.11 Å². The number of fused-ring (bicyclic) bond motifs is 2. The summed E-state index contributed by atoms with van der Waals surface area (Å²) in [6.07, 6.45) is 3.10. The van der Waals surface area contributed by atoms with Crippen molar-refractivity contribution in [3.05, 3.63) is 35.4 Å². The van der Waals surface area contributed by atoms with Crippen molar-refractivity contribution in [3.63, 3.8) is 0 Å². The minimum absolute atomic E-state index is 0.146. The highest BCUT2D eigenvalue weighted by Crippen LogP contribution is 2.42. The van der Waals surface area contributed by atoms with Gasteiger partial charge in [-0.1, -0.05) is 5.92 Å². The van der Waals surface area contributed by atoms with Crippen LogP contribution >= 0.6 is 0 Å². The molecule has 2 unspecified atom stereocenters. The number of nitrogens with one attached hydrogen (secondary N) is 1. The van der Waals surface area contributed by atoms with E-state index in [0.29, 0.717) is 38.5 Å². The van der Waals surface area contributed by atoms with Gasteiger partial charge in [-0.3, -0.25) is 9.59 Å². The van der Waals surface area contributed by atoms with Crippen LogP contribution < -0.4 is 5.32 Å². The Morgan fingerprint density at radius 1 is 0.976 bits per heavy atom. The van der Waals surface area contributed by atoms with Gasteiger partial charge in [0.25, 0.3) is 5.91 Å². The standard InChI is InChI=1S/C30H36F3N3O6/c1-6-20-13-14-23(27(39)41-5)36(20)26(38)24(34-28(40)42-29(2,3)4)18-15-21-11-12-22(16-18)35(21)25(37)17-7-9-19(10-8-17)30(31,32)33/h1,7-10,18,20-24H,11-16H2,2-5H3,(H,34,40)/t18?,20-,21?,22?,23-,24-/m0/s1. The van der Waals surface area contributed by atoms with Crippen LogP contribution in [0.1, 0.15) is 75.2 Å². The van der Waals surface area contributed by atoms with Gasteiger partial charge in [-0.25, -0.2) is 9.59 Å². The van der Waals surface area contributed by atoms with Crippen molar-refractivity contribution in [2.24, 2.45) is 5.92 Å². The third-order valence-corrected chi connectivity index (χ3v) is 8.18. The fourth-order valence-corrected chi connectivity index (χ4v) is 6.40. The van der Waals surface area contributed by atoms with Crippen LogP contribution in [0.25, 0.3) is 0 Å². The topological polar surface area (TPSA) is 105 Å². The maximum Gasteiger partial charge on any atom is 0.416 e. The minimum Gasteiger partial charge on any atom is -0.467 e. The van der Waals surface area contributed by atoms with Crippen LogP contribution in [0.4, 0.5) is 18.0 Å². The van der Waals surface area contributed by atoms with Crippen LogP contribution in [0.5, 0.6) is 0 Å². The molecule has 2 bridgehead atoms. The van der Waals surface area contributed by atoms with E-state index in [9.17, 15) is 32.3 Å². The monoisotopic (exact) mass is 591 g/mol. The molecule has 3 heterocycles. The van der Waals surface area contributed by atoms with Gasteiger partial charge in [0.15, 0.2) is 0 Å². The average Bonchev–Trinajstić information content (AvgIpc) is 3.47. The third-order valence-electron chi connectivity index (χ3n) is 8.18. The summed E-state index contributed by atoms with van der Waals surface area (Å²) in [6.45, 7) is 5.07. The number of rotatable bonds is 5. The number of piperidine rings is 1. The highest BCUT2D eigenvalue weighted by Gasteiger charge is 2.50. The lowest BCUT2D eigenvalue weighted by Crippen LogP contribution is -2.59. The molecule has 5 atom stereocenters. The molecule has 0 radical (unpaired) electrons. The van der Waals surface area contributed by atoms with Gasteiger partial charge in [0.05, 0.1) is 18.7 Å². The molecule has 3 saturated heterocycles. The third kappa shape index (κ3) is 6.50. The lowest BCUT2D eigenvalue weighted by atomic mass is 9.83. The van der Waals surface area contributed by atoms with E-state index in [2.05, 4.69) is 11.2 Å². The molecule has 4 rings (SSSR count).